The molecule has 2 unspecified atom stereocenters. The van der Waals surface area contributed by atoms with Crippen molar-refractivity contribution in [2.75, 3.05) is 11.9 Å². The predicted octanol–water partition coefficient (Wildman–Crippen LogP) is 4.48. The van der Waals surface area contributed by atoms with E-state index < -0.39 is 11.7 Å². The zero-order chi connectivity index (χ0) is 15.8. The van der Waals surface area contributed by atoms with Gasteiger partial charge in [0.1, 0.15) is 5.82 Å². The summed E-state index contributed by atoms with van der Waals surface area (Å²) in [5, 5.41) is 2.93. The Morgan fingerprint density at radius 3 is 2.67 bits per heavy atom. The first-order valence-electron chi connectivity index (χ1n) is 6.77. The number of halogens is 4. The molecule has 21 heavy (non-hydrogen) atoms. The van der Waals surface area contributed by atoms with Crippen molar-refractivity contribution in [3.8, 4) is 0 Å². The van der Waals surface area contributed by atoms with Crippen LogP contribution in [-0.4, -0.2) is 23.7 Å². The average Bonchev–Trinajstić information content (AvgIpc) is 2.38. The molecular weight excluding hydrogens is 349 g/mol. The van der Waals surface area contributed by atoms with Gasteiger partial charge in [-0.1, -0.05) is 13.8 Å². The number of pyridine rings is 1. The number of nitrogens with zero attached hydrogens (tertiary/aromatic N) is 1. The molecule has 1 aliphatic carbocycles. The van der Waals surface area contributed by atoms with E-state index in [1.807, 2.05) is 20.8 Å². The maximum absolute atomic E-state index is 13.1. The van der Waals surface area contributed by atoms with Crippen molar-refractivity contribution in [2.24, 2.45) is 5.41 Å². The number of nitrogens with one attached hydrogen (secondary N) is 1. The van der Waals surface area contributed by atoms with Crippen molar-refractivity contribution in [2.45, 2.75) is 45.5 Å². The summed E-state index contributed by atoms with van der Waals surface area (Å²) in [5.41, 5.74) is -0.985. The Bertz CT molecular complexity index is 519. The lowest BCUT2D eigenvalue weighted by atomic mass is 9.64. The van der Waals surface area contributed by atoms with Gasteiger partial charge in [-0.15, -0.1) is 0 Å². The Hall–Kier alpha value is -0.820. The predicted molar refractivity (Wildman–Crippen MR) is 78.2 cm³/mol. The lowest BCUT2D eigenvalue weighted by Crippen LogP contribution is -2.58. The second-order valence-electron chi connectivity index (χ2n) is 5.75. The molecule has 1 fully saturated rings. The number of alkyl halides is 3. The minimum absolute atomic E-state index is 0.0600. The van der Waals surface area contributed by atoms with Crippen molar-refractivity contribution in [3.63, 3.8) is 0 Å². The summed E-state index contributed by atoms with van der Waals surface area (Å²) >= 11 is 3.03. The smallest absolute Gasteiger partial charge is 0.378 e. The van der Waals surface area contributed by atoms with Gasteiger partial charge in [0.25, 0.3) is 0 Å². The van der Waals surface area contributed by atoms with Crippen LogP contribution in [0.25, 0.3) is 0 Å². The molecule has 2 rings (SSSR count). The normalized spacial score (nSPS) is 24.5. The Balaban J connectivity index is 2.18. The third kappa shape index (κ3) is 3.34. The average molecular weight is 367 g/mol. The molecule has 1 aliphatic rings. The fourth-order valence-corrected chi connectivity index (χ4v) is 2.88. The Morgan fingerprint density at radius 1 is 1.48 bits per heavy atom. The van der Waals surface area contributed by atoms with Crippen LogP contribution in [-0.2, 0) is 10.9 Å². The molecule has 118 valence electrons. The standard InChI is InChI=1S/C14H18BrF3N2O/c1-4-21-11-6-10(13(11,2)3)20-12-9(14(16,17)18)5-8(15)7-19-12/h5,7,10-11H,4,6H2,1-3H3,(H,19,20). The summed E-state index contributed by atoms with van der Waals surface area (Å²) in [6.07, 6.45) is -2.34. The highest BCUT2D eigenvalue weighted by atomic mass is 79.9. The highest BCUT2D eigenvalue weighted by Crippen LogP contribution is 2.45. The molecule has 0 spiro atoms. The third-order valence-corrected chi connectivity index (χ3v) is 4.45. The van der Waals surface area contributed by atoms with Crippen LogP contribution in [0.3, 0.4) is 0 Å². The van der Waals surface area contributed by atoms with Crippen molar-refractivity contribution in [1.82, 2.24) is 4.98 Å². The number of hydrogen-bond donors (Lipinski definition) is 1. The number of hydrogen-bond acceptors (Lipinski definition) is 3. The van der Waals surface area contributed by atoms with E-state index in [4.69, 9.17) is 4.74 Å². The fourth-order valence-electron chi connectivity index (χ4n) is 2.55. The molecule has 0 aromatic carbocycles. The zero-order valence-corrected chi connectivity index (χ0v) is 13.7. The molecule has 1 saturated carbocycles. The quantitative estimate of drug-likeness (QED) is 0.852. The third-order valence-electron chi connectivity index (χ3n) is 4.02. The number of ether oxygens (including phenoxy) is 1. The summed E-state index contributed by atoms with van der Waals surface area (Å²) in [6.45, 7) is 6.49. The van der Waals surface area contributed by atoms with Crippen LogP contribution >= 0.6 is 15.9 Å². The van der Waals surface area contributed by atoms with Gasteiger partial charge in [0, 0.05) is 28.7 Å². The van der Waals surface area contributed by atoms with E-state index in [0.29, 0.717) is 17.5 Å². The van der Waals surface area contributed by atoms with E-state index in [0.717, 1.165) is 6.07 Å². The van der Waals surface area contributed by atoms with Gasteiger partial charge in [-0.25, -0.2) is 4.98 Å². The molecule has 0 amide bonds. The van der Waals surface area contributed by atoms with Gasteiger partial charge in [0.05, 0.1) is 11.7 Å². The van der Waals surface area contributed by atoms with Gasteiger partial charge < -0.3 is 10.1 Å². The highest BCUT2D eigenvalue weighted by molar-refractivity contribution is 9.10. The molecule has 0 aliphatic heterocycles. The van der Waals surface area contributed by atoms with E-state index in [1.165, 1.54) is 6.20 Å². The largest absolute Gasteiger partial charge is 0.419 e. The maximum atomic E-state index is 13.1. The van der Waals surface area contributed by atoms with Gasteiger partial charge >= 0.3 is 6.18 Å². The first-order valence-corrected chi connectivity index (χ1v) is 7.56. The molecule has 7 heteroatoms. The van der Waals surface area contributed by atoms with Crippen molar-refractivity contribution < 1.29 is 17.9 Å². The van der Waals surface area contributed by atoms with Gasteiger partial charge in [-0.05, 0) is 35.3 Å². The monoisotopic (exact) mass is 366 g/mol. The van der Waals surface area contributed by atoms with Crippen LogP contribution in [0.2, 0.25) is 0 Å². The summed E-state index contributed by atoms with van der Waals surface area (Å²) in [4.78, 5) is 3.88. The lowest BCUT2D eigenvalue weighted by molar-refractivity contribution is -0.137. The molecule has 0 bridgehead atoms. The first kappa shape index (κ1) is 16.5. The summed E-state index contributed by atoms with van der Waals surface area (Å²) < 4.78 is 45.1. The lowest BCUT2D eigenvalue weighted by Gasteiger charge is -2.52. The molecule has 0 saturated heterocycles. The second-order valence-corrected chi connectivity index (χ2v) is 6.66. The second kappa shape index (κ2) is 5.76. The Morgan fingerprint density at radius 2 is 2.14 bits per heavy atom. The van der Waals surface area contributed by atoms with Gasteiger partial charge in [-0.3, -0.25) is 0 Å². The van der Waals surface area contributed by atoms with Crippen molar-refractivity contribution in [1.29, 1.82) is 0 Å². The van der Waals surface area contributed by atoms with Crippen LogP contribution < -0.4 is 5.32 Å². The minimum atomic E-state index is -4.44. The van der Waals surface area contributed by atoms with Gasteiger partial charge in [0.15, 0.2) is 0 Å². The molecule has 0 radical (unpaired) electrons. The Kier molecular flexibility index (Phi) is 4.54. The van der Waals surface area contributed by atoms with E-state index in [2.05, 4.69) is 26.2 Å². The van der Waals surface area contributed by atoms with Gasteiger partial charge in [0.2, 0.25) is 0 Å². The van der Waals surface area contributed by atoms with E-state index >= 15 is 0 Å². The molecule has 1 heterocycles. The van der Waals surface area contributed by atoms with Crippen LogP contribution in [0.1, 0.15) is 32.8 Å². The molecule has 1 aromatic heterocycles. The van der Waals surface area contributed by atoms with Crippen LogP contribution in [0.15, 0.2) is 16.7 Å². The molecule has 1 aromatic rings. The zero-order valence-electron chi connectivity index (χ0n) is 12.1. The van der Waals surface area contributed by atoms with E-state index in [1.54, 1.807) is 0 Å². The molecule has 2 atom stereocenters. The fraction of sp³-hybridized carbons (Fsp3) is 0.643. The summed E-state index contributed by atoms with van der Waals surface area (Å²) in [5.74, 6) is -0.126. The number of rotatable bonds is 4. The van der Waals surface area contributed by atoms with Crippen molar-refractivity contribution in [3.05, 3.63) is 22.3 Å². The molecular formula is C14H18BrF3N2O. The van der Waals surface area contributed by atoms with Crippen LogP contribution in [0, 0.1) is 5.41 Å². The van der Waals surface area contributed by atoms with E-state index in [-0.39, 0.29) is 23.4 Å². The number of aromatic nitrogens is 1. The highest BCUT2D eigenvalue weighted by Gasteiger charge is 2.49. The van der Waals surface area contributed by atoms with Crippen LogP contribution in [0.4, 0.5) is 19.0 Å². The molecule has 3 nitrogen and oxygen atoms in total. The van der Waals surface area contributed by atoms with Crippen LogP contribution in [0.5, 0.6) is 0 Å². The van der Waals surface area contributed by atoms with Gasteiger partial charge in [-0.2, -0.15) is 13.2 Å². The first-order chi connectivity index (χ1) is 9.66. The topological polar surface area (TPSA) is 34.1 Å². The Labute approximate surface area is 130 Å². The SMILES string of the molecule is CCOC1CC(Nc2ncc(Br)cc2C(F)(F)F)C1(C)C. The number of anilines is 1. The summed E-state index contributed by atoms with van der Waals surface area (Å²) in [7, 11) is 0. The van der Waals surface area contributed by atoms with E-state index in [9.17, 15) is 13.2 Å². The minimum Gasteiger partial charge on any atom is -0.378 e. The molecule has 1 N–H and O–H groups in total. The van der Waals surface area contributed by atoms with Crippen molar-refractivity contribution >= 4 is 21.7 Å². The summed E-state index contributed by atoms with van der Waals surface area (Å²) in [6, 6.07) is 0.949. The maximum Gasteiger partial charge on any atom is 0.419 e.